The number of piperidine rings is 1. The van der Waals surface area contributed by atoms with Gasteiger partial charge in [-0.05, 0) is 54.6 Å². The molecule has 2 heterocycles. The number of hydrogen-bond donors (Lipinski definition) is 1. The molecule has 0 radical (unpaired) electrons. The predicted molar refractivity (Wildman–Crippen MR) is 74.2 cm³/mol. The molecule has 1 atom stereocenters. The van der Waals surface area contributed by atoms with Gasteiger partial charge in [-0.2, -0.15) is 0 Å². The molecular formula is C13H16N4O4. The van der Waals surface area contributed by atoms with Crippen LogP contribution < -0.4 is 10.1 Å². The summed E-state index contributed by atoms with van der Waals surface area (Å²) in [5, 5.41) is 21.5. The van der Waals surface area contributed by atoms with Crippen LogP contribution in [0.1, 0.15) is 19.3 Å². The predicted octanol–water partition coefficient (Wildman–Crippen LogP) is 1.90. The molecule has 3 rings (SSSR count). The van der Waals surface area contributed by atoms with Crippen molar-refractivity contribution < 1.29 is 14.3 Å². The lowest BCUT2D eigenvalue weighted by molar-refractivity contribution is -0.383. The quantitative estimate of drug-likeness (QED) is 0.663. The fourth-order valence-electron chi connectivity index (χ4n) is 2.60. The van der Waals surface area contributed by atoms with Gasteiger partial charge in [-0.25, -0.2) is 4.63 Å². The zero-order chi connectivity index (χ0) is 14.7. The number of non-ortho nitro benzene ring substituents is 1. The SMILES string of the molecule is O=[N+]([O-])c1ccc(OCCC2CCCNC2)c2nonc12. The zero-order valence-corrected chi connectivity index (χ0v) is 11.4. The number of aromatic nitrogens is 2. The molecule has 0 spiro atoms. The number of nitro groups is 1. The van der Waals surface area contributed by atoms with E-state index in [0.29, 0.717) is 23.8 Å². The van der Waals surface area contributed by atoms with Crippen LogP contribution in [-0.4, -0.2) is 34.9 Å². The highest BCUT2D eigenvalue weighted by atomic mass is 16.6. The first-order chi connectivity index (χ1) is 10.3. The Labute approximate surface area is 120 Å². The van der Waals surface area contributed by atoms with E-state index in [2.05, 4.69) is 20.3 Å². The summed E-state index contributed by atoms with van der Waals surface area (Å²) in [5.41, 5.74) is 0.290. The third-order valence-electron chi connectivity index (χ3n) is 3.74. The van der Waals surface area contributed by atoms with Gasteiger partial charge in [-0.3, -0.25) is 10.1 Å². The summed E-state index contributed by atoms with van der Waals surface area (Å²) < 4.78 is 10.3. The molecule has 1 fully saturated rings. The lowest BCUT2D eigenvalue weighted by Crippen LogP contribution is -2.30. The zero-order valence-electron chi connectivity index (χ0n) is 11.4. The first-order valence-corrected chi connectivity index (χ1v) is 6.99. The normalized spacial score (nSPS) is 18.8. The molecule has 1 unspecified atom stereocenters. The van der Waals surface area contributed by atoms with Gasteiger partial charge < -0.3 is 10.1 Å². The maximum absolute atomic E-state index is 10.9. The van der Waals surface area contributed by atoms with Gasteiger partial charge >= 0.3 is 5.69 Å². The van der Waals surface area contributed by atoms with Crippen molar-refractivity contribution in [1.82, 2.24) is 15.6 Å². The van der Waals surface area contributed by atoms with E-state index in [0.717, 1.165) is 19.5 Å². The standard InChI is InChI=1S/C13H16N4O4/c18-17(19)10-3-4-11(13-12(10)15-21-16-13)20-7-5-9-2-1-6-14-8-9/h3-4,9,14H,1-2,5-8H2. The first kappa shape index (κ1) is 13.7. The number of ether oxygens (including phenoxy) is 1. The van der Waals surface area contributed by atoms with Gasteiger partial charge in [0.15, 0.2) is 11.3 Å². The second-order valence-corrected chi connectivity index (χ2v) is 5.15. The highest BCUT2D eigenvalue weighted by Gasteiger charge is 2.20. The maximum Gasteiger partial charge on any atom is 0.301 e. The average Bonchev–Trinajstić information content (AvgIpc) is 2.98. The molecule has 0 saturated carbocycles. The number of fused-ring (bicyclic) bond motifs is 1. The summed E-state index contributed by atoms with van der Waals surface area (Å²) in [4.78, 5) is 10.4. The molecule has 1 aliphatic rings. The number of rotatable bonds is 5. The molecule has 8 nitrogen and oxygen atoms in total. The van der Waals surface area contributed by atoms with Gasteiger partial charge in [0.05, 0.1) is 11.5 Å². The number of nitro benzene ring substituents is 1. The van der Waals surface area contributed by atoms with Crippen LogP contribution >= 0.6 is 0 Å². The topological polar surface area (TPSA) is 103 Å². The van der Waals surface area contributed by atoms with E-state index >= 15 is 0 Å². The smallest absolute Gasteiger partial charge is 0.301 e. The minimum absolute atomic E-state index is 0.122. The van der Waals surface area contributed by atoms with E-state index < -0.39 is 4.92 Å². The van der Waals surface area contributed by atoms with Crippen LogP contribution in [0, 0.1) is 16.0 Å². The molecular weight excluding hydrogens is 276 g/mol. The van der Waals surface area contributed by atoms with Gasteiger partial charge in [-0.1, -0.05) is 0 Å². The van der Waals surface area contributed by atoms with Gasteiger partial charge in [-0.15, -0.1) is 0 Å². The Hall–Kier alpha value is -2.22. The molecule has 0 aliphatic carbocycles. The van der Waals surface area contributed by atoms with Crippen molar-refractivity contribution in [2.24, 2.45) is 5.92 Å². The minimum Gasteiger partial charge on any atom is -0.491 e. The fourth-order valence-corrected chi connectivity index (χ4v) is 2.60. The van der Waals surface area contributed by atoms with Crippen molar-refractivity contribution in [3.8, 4) is 5.75 Å². The summed E-state index contributed by atoms with van der Waals surface area (Å²) in [5.74, 6) is 1.09. The lowest BCUT2D eigenvalue weighted by atomic mass is 9.97. The van der Waals surface area contributed by atoms with Gasteiger partial charge in [0.1, 0.15) is 0 Å². The van der Waals surface area contributed by atoms with Crippen LogP contribution in [-0.2, 0) is 0 Å². The molecule has 8 heteroatoms. The van der Waals surface area contributed by atoms with Gasteiger partial charge in [0, 0.05) is 6.07 Å². The van der Waals surface area contributed by atoms with Crippen molar-refractivity contribution in [3.63, 3.8) is 0 Å². The van der Waals surface area contributed by atoms with E-state index in [4.69, 9.17) is 4.74 Å². The number of benzene rings is 1. The number of nitrogens with one attached hydrogen (secondary N) is 1. The van der Waals surface area contributed by atoms with E-state index in [1.54, 1.807) is 6.07 Å². The minimum atomic E-state index is -0.510. The number of nitrogens with zero attached hydrogens (tertiary/aromatic N) is 3. The largest absolute Gasteiger partial charge is 0.491 e. The average molecular weight is 292 g/mol. The molecule has 1 aromatic heterocycles. The Morgan fingerprint density at radius 2 is 2.29 bits per heavy atom. The second-order valence-electron chi connectivity index (χ2n) is 5.15. The maximum atomic E-state index is 10.9. The van der Waals surface area contributed by atoms with Crippen molar-refractivity contribution in [2.45, 2.75) is 19.3 Å². The molecule has 0 amide bonds. The lowest BCUT2D eigenvalue weighted by Gasteiger charge is -2.22. The molecule has 2 aromatic rings. The highest BCUT2D eigenvalue weighted by Crippen LogP contribution is 2.30. The molecule has 1 aliphatic heterocycles. The molecule has 1 saturated heterocycles. The summed E-state index contributed by atoms with van der Waals surface area (Å²) in [6.07, 6.45) is 3.34. The molecule has 1 N–H and O–H groups in total. The summed E-state index contributed by atoms with van der Waals surface area (Å²) in [7, 11) is 0. The molecule has 1 aromatic carbocycles. The van der Waals surface area contributed by atoms with E-state index in [9.17, 15) is 10.1 Å². The van der Waals surface area contributed by atoms with Crippen molar-refractivity contribution in [3.05, 3.63) is 22.2 Å². The number of hydrogen-bond acceptors (Lipinski definition) is 7. The Morgan fingerprint density at radius 3 is 3.05 bits per heavy atom. The van der Waals surface area contributed by atoms with Crippen LogP contribution in [0.4, 0.5) is 5.69 Å². The summed E-state index contributed by atoms with van der Waals surface area (Å²) in [6, 6.07) is 2.91. The van der Waals surface area contributed by atoms with Crippen LogP contribution in [0.5, 0.6) is 5.75 Å². The van der Waals surface area contributed by atoms with Crippen LogP contribution in [0.15, 0.2) is 16.8 Å². The van der Waals surface area contributed by atoms with Gasteiger partial charge in [0.2, 0.25) is 5.52 Å². The molecule has 112 valence electrons. The summed E-state index contributed by atoms with van der Waals surface area (Å²) >= 11 is 0. The van der Waals surface area contributed by atoms with Crippen molar-refractivity contribution >= 4 is 16.7 Å². The van der Waals surface area contributed by atoms with Crippen molar-refractivity contribution in [2.75, 3.05) is 19.7 Å². The monoisotopic (exact) mass is 292 g/mol. The van der Waals surface area contributed by atoms with Crippen molar-refractivity contribution in [1.29, 1.82) is 0 Å². The Kier molecular flexibility index (Phi) is 3.96. The van der Waals surface area contributed by atoms with Gasteiger partial charge in [0.25, 0.3) is 0 Å². The second kappa shape index (κ2) is 6.04. The Morgan fingerprint density at radius 1 is 1.43 bits per heavy atom. The van der Waals surface area contributed by atoms with E-state index in [-0.39, 0.29) is 11.2 Å². The van der Waals surface area contributed by atoms with E-state index in [1.807, 2.05) is 0 Å². The Balaban J connectivity index is 1.68. The highest BCUT2D eigenvalue weighted by molar-refractivity contribution is 5.88. The first-order valence-electron chi connectivity index (χ1n) is 6.99. The molecule has 21 heavy (non-hydrogen) atoms. The third kappa shape index (κ3) is 2.94. The van der Waals surface area contributed by atoms with E-state index in [1.165, 1.54) is 18.9 Å². The Bertz CT molecular complexity index is 636. The van der Waals surface area contributed by atoms with Crippen LogP contribution in [0.25, 0.3) is 11.0 Å². The van der Waals surface area contributed by atoms with Crippen LogP contribution in [0.2, 0.25) is 0 Å². The fraction of sp³-hybridized carbons (Fsp3) is 0.538. The summed E-state index contributed by atoms with van der Waals surface area (Å²) in [6.45, 7) is 2.65. The third-order valence-corrected chi connectivity index (χ3v) is 3.74. The molecule has 0 bridgehead atoms. The van der Waals surface area contributed by atoms with Crippen LogP contribution in [0.3, 0.4) is 0 Å².